The maximum absolute atomic E-state index is 12.5. The highest BCUT2D eigenvalue weighted by molar-refractivity contribution is 7.99. The zero-order valence-corrected chi connectivity index (χ0v) is 19.6. The number of ether oxygens (including phenoxy) is 1. The quantitative estimate of drug-likeness (QED) is 0.211. The van der Waals surface area contributed by atoms with E-state index in [4.69, 9.17) is 4.74 Å². The molecule has 0 bridgehead atoms. The van der Waals surface area contributed by atoms with Crippen molar-refractivity contribution in [3.63, 3.8) is 0 Å². The van der Waals surface area contributed by atoms with E-state index in [1.54, 1.807) is 23.9 Å². The van der Waals surface area contributed by atoms with Gasteiger partial charge in [-0.3, -0.25) is 20.3 Å². The van der Waals surface area contributed by atoms with Crippen molar-refractivity contribution in [1.29, 1.82) is 0 Å². The number of nitrogens with one attached hydrogen (secondary N) is 2. The number of hydrogen-bond donors (Lipinski definition) is 2. The predicted octanol–water partition coefficient (Wildman–Crippen LogP) is 4.63. The number of nitro benzene ring substituents is 1. The molecule has 0 aliphatic heterocycles. The lowest BCUT2D eigenvalue weighted by atomic mass is 10.3. The van der Waals surface area contributed by atoms with Gasteiger partial charge in [0.05, 0.1) is 45.1 Å². The average molecular weight is 485 g/mol. The minimum atomic E-state index is -0.446. The molecule has 0 radical (unpaired) electrons. The number of aryl methyl sites for hydroxylation is 1. The number of fused-ring (bicyclic) bond motifs is 1. The molecule has 0 unspecified atom stereocenters. The second kappa shape index (κ2) is 9.46. The number of carbonyl (C=O) groups is 1. The summed E-state index contributed by atoms with van der Waals surface area (Å²) in [4.78, 5) is 31.9. The van der Waals surface area contributed by atoms with Gasteiger partial charge in [0.2, 0.25) is 5.91 Å². The van der Waals surface area contributed by atoms with Crippen LogP contribution in [-0.4, -0.2) is 38.3 Å². The van der Waals surface area contributed by atoms with Crippen molar-refractivity contribution >= 4 is 55.7 Å². The summed E-state index contributed by atoms with van der Waals surface area (Å²) < 4.78 is 7.91. The molecule has 10 nitrogen and oxygen atoms in total. The number of thioether (sulfide) groups is 1. The molecule has 4 rings (SSSR count). The Morgan fingerprint density at radius 3 is 2.67 bits per heavy atom. The lowest BCUT2D eigenvalue weighted by Gasteiger charge is -2.12. The molecule has 0 spiro atoms. The number of amides is 1. The van der Waals surface area contributed by atoms with Crippen LogP contribution in [0.4, 0.5) is 16.5 Å². The van der Waals surface area contributed by atoms with Crippen molar-refractivity contribution in [3.05, 3.63) is 64.0 Å². The molecule has 2 aromatic heterocycles. The van der Waals surface area contributed by atoms with Crippen molar-refractivity contribution in [2.24, 2.45) is 0 Å². The maximum Gasteiger partial charge on any atom is 0.269 e. The van der Waals surface area contributed by atoms with Crippen LogP contribution in [0.15, 0.2) is 47.6 Å². The number of carbonyl (C=O) groups excluding carboxylic acids is 1. The van der Waals surface area contributed by atoms with Crippen LogP contribution in [0.1, 0.15) is 11.4 Å². The van der Waals surface area contributed by atoms with Gasteiger partial charge in [-0.15, -0.1) is 0 Å². The Bertz CT molecular complexity index is 1330. The number of nitrogens with zero attached hydrogens (tertiary/aromatic N) is 4. The van der Waals surface area contributed by atoms with E-state index in [1.807, 2.05) is 32.0 Å². The molecule has 0 fully saturated rings. The second-order valence-corrected chi connectivity index (χ2v) is 8.98. The van der Waals surface area contributed by atoms with Gasteiger partial charge in [-0.1, -0.05) is 23.1 Å². The van der Waals surface area contributed by atoms with Crippen LogP contribution in [-0.2, 0) is 4.79 Å². The summed E-state index contributed by atoms with van der Waals surface area (Å²) in [5.41, 5.74) is 6.34. The molecular formula is C21H20N6O4S2. The van der Waals surface area contributed by atoms with Gasteiger partial charge < -0.3 is 10.1 Å². The van der Waals surface area contributed by atoms with E-state index in [-0.39, 0.29) is 17.3 Å². The third-order valence-corrected chi connectivity index (χ3v) is 6.68. The summed E-state index contributed by atoms with van der Waals surface area (Å²) in [5.74, 6) is 0.667. The van der Waals surface area contributed by atoms with Gasteiger partial charge in [-0.2, -0.15) is 0 Å². The summed E-state index contributed by atoms with van der Waals surface area (Å²) in [6.07, 6.45) is 0. The molecule has 170 valence electrons. The van der Waals surface area contributed by atoms with Crippen LogP contribution in [0.3, 0.4) is 0 Å². The van der Waals surface area contributed by atoms with Crippen LogP contribution in [0.5, 0.6) is 5.75 Å². The largest absolute Gasteiger partial charge is 0.497 e. The summed E-state index contributed by atoms with van der Waals surface area (Å²) >= 11 is 2.65. The Morgan fingerprint density at radius 2 is 1.97 bits per heavy atom. The molecule has 0 aliphatic carbocycles. The normalized spacial score (nSPS) is 10.9. The van der Waals surface area contributed by atoms with E-state index in [0.29, 0.717) is 16.0 Å². The standard InChI is InChI=1S/C21H20N6O4S2/c1-12-13(2)26(25-14-4-6-15(7-5-14)27(29)30)21(22-12)32-11-19(28)24-20-23-17-9-8-16(31-3)10-18(17)33-20/h4-10,25H,11H2,1-3H3,(H,23,24,28). The Balaban J connectivity index is 1.43. The molecule has 0 saturated carbocycles. The second-order valence-electron chi connectivity index (χ2n) is 7.01. The summed E-state index contributed by atoms with van der Waals surface area (Å²) in [5, 5.41) is 14.8. The third-order valence-electron chi connectivity index (χ3n) is 4.81. The van der Waals surface area contributed by atoms with Crippen molar-refractivity contribution in [1.82, 2.24) is 14.6 Å². The van der Waals surface area contributed by atoms with Crippen molar-refractivity contribution in [3.8, 4) is 5.75 Å². The number of hydrogen-bond acceptors (Lipinski definition) is 9. The van der Waals surface area contributed by atoms with Gasteiger partial charge in [-0.05, 0) is 44.2 Å². The third kappa shape index (κ3) is 5.07. The highest BCUT2D eigenvalue weighted by Crippen LogP contribution is 2.29. The first-order chi connectivity index (χ1) is 15.8. The topological polar surface area (TPSA) is 124 Å². The summed E-state index contributed by atoms with van der Waals surface area (Å²) in [6, 6.07) is 11.6. The number of non-ortho nitro benzene ring substituents is 1. The number of nitro groups is 1. The minimum absolute atomic E-state index is 0.0126. The monoisotopic (exact) mass is 484 g/mol. The van der Waals surface area contributed by atoms with Crippen LogP contribution in [0.25, 0.3) is 10.2 Å². The molecule has 0 aliphatic rings. The van der Waals surface area contributed by atoms with E-state index in [1.165, 1.54) is 35.2 Å². The lowest BCUT2D eigenvalue weighted by Crippen LogP contribution is -2.16. The summed E-state index contributed by atoms with van der Waals surface area (Å²) in [7, 11) is 1.60. The van der Waals surface area contributed by atoms with Gasteiger partial charge in [0.1, 0.15) is 5.75 Å². The fourth-order valence-corrected chi connectivity index (χ4v) is 4.72. The van der Waals surface area contributed by atoms with E-state index in [2.05, 4.69) is 20.7 Å². The SMILES string of the molecule is COc1ccc2nc(NC(=O)CSc3nc(C)c(C)n3Nc3ccc([N+](=O)[O-])cc3)sc2c1. The zero-order chi connectivity index (χ0) is 23.5. The number of anilines is 2. The lowest BCUT2D eigenvalue weighted by molar-refractivity contribution is -0.384. The number of methoxy groups -OCH3 is 1. The van der Waals surface area contributed by atoms with Crippen molar-refractivity contribution < 1.29 is 14.5 Å². The average Bonchev–Trinajstić information content (AvgIpc) is 3.32. The van der Waals surface area contributed by atoms with E-state index in [9.17, 15) is 14.9 Å². The molecule has 4 aromatic rings. The Kier molecular flexibility index (Phi) is 6.47. The fraction of sp³-hybridized carbons (Fsp3) is 0.190. The molecule has 2 N–H and O–H groups in total. The molecule has 33 heavy (non-hydrogen) atoms. The Hall–Kier alpha value is -3.64. The van der Waals surface area contributed by atoms with E-state index >= 15 is 0 Å². The fourth-order valence-electron chi connectivity index (χ4n) is 2.97. The first-order valence-electron chi connectivity index (χ1n) is 9.78. The van der Waals surface area contributed by atoms with Gasteiger partial charge in [0.15, 0.2) is 10.3 Å². The number of benzene rings is 2. The smallest absolute Gasteiger partial charge is 0.269 e. The Labute approximate surface area is 197 Å². The van der Waals surface area contributed by atoms with Gasteiger partial charge in [0.25, 0.3) is 5.69 Å². The zero-order valence-electron chi connectivity index (χ0n) is 18.0. The van der Waals surface area contributed by atoms with Crippen LogP contribution in [0.2, 0.25) is 0 Å². The van der Waals surface area contributed by atoms with Gasteiger partial charge in [-0.25, -0.2) is 14.6 Å². The molecule has 2 heterocycles. The molecule has 1 amide bonds. The number of thiazole rings is 1. The highest BCUT2D eigenvalue weighted by Gasteiger charge is 2.15. The molecule has 12 heteroatoms. The van der Waals surface area contributed by atoms with E-state index in [0.717, 1.165) is 27.4 Å². The molecule has 2 aromatic carbocycles. The van der Waals surface area contributed by atoms with Gasteiger partial charge in [0, 0.05) is 12.1 Å². The van der Waals surface area contributed by atoms with Crippen molar-refractivity contribution in [2.45, 2.75) is 19.0 Å². The van der Waals surface area contributed by atoms with Crippen LogP contribution in [0, 0.1) is 24.0 Å². The number of rotatable bonds is 8. The van der Waals surface area contributed by atoms with Crippen LogP contribution >= 0.6 is 23.1 Å². The maximum atomic E-state index is 12.5. The molecular weight excluding hydrogens is 464 g/mol. The number of imidazole rings is 1. The van der Waals surface area contributed by atoms with Crippen LogP contribution < -0.4 is 15.5 Å². The molecule has 0 saturated heterocycles. The summed E-state index contributed by atoms with van der Waals surface area (Å²) in [6.45, 7) is 3.78. The number of aromatic nitrogens is 3. The molecule has 0 atom stereocenters. The van der Waals surface area contributed by atoms with Crippen molar-refractivity contribution in [2.75, 3.05) is 23.6 Å². The first-order valence-corrected chi connectivity index (χ1v) is 11.6. The Morgan fingerprint density at radius 1 is 1.21 bits per heavy atom. The van der Waals surface area contributed by atoms with E-state index < -0.39 is 4.92 Å². The first kappa shape index (κ1) is 22.6. The van der Waals surface area contributed by atoms with Gasteiger partial charge >= 0.3 is 0 Å². The predicted molar refractivity (Wildman–Crippen MR) is 129 cm³/mol. The minimum Gasteiger partial charge on any atom is -0.497 e. The highest BCUT2D eigenvalue weighted by atomic mass is 32.2.